The molecule has 2 heterocycles. The summed E-state index contributed by atoms with van der Waals surface area (Å²) in [6, 6.07) is 13.9. The zero-order chi connectivity index (χ0) is 25.1. The summed E-state index contributed by atoms with van der Waals surface area (Å²) in [6.07, 6.45) is 7.37. The minimum atomic E-state index is -1.11. The first-order chi connectivity index (χ1) is 17.5. The van der Waals surface area contributed by atoms with Crippen molar-refractivity contribution in [3.8, 4) is 11.5 Å². The number of carbonyl (C=O) groups is 1. The highest BCUT2D eigenvalue weighted by atomic mass is 35.5. The molecule has 2 atom stereocenters. The Morgan fingerprint density at radius 1 is 1.22 bits per heavy atom. The molecule has 2 N–H and O–H groups in total. The van der Waals surface area contributed by atoms with E-state index < -0.39 is 5.41 Å². The first-order valence-corrected chi connectivity index (χ1v) is 12.1. The summed E-state index contributed by atoms with van der Waals surface area (Å²) < 4.78 is 16.7. The van der Waals surface area contributed by atoms with Gasteiger partial charge in [-0.15, -0.1) is 12.4 Å². The van der Waals surface area contributed by atoms with Crippen molar-refractivity contribution in [3.63, 3.8) is 0 Å². The van der Waals surface area contributed by atoms with Crippen LogP contribution in [0.4, 0.5) is 5.69 Å². The molecule has 1 amide bonds. The van der Waals surface area contributed by atoms with Crippen LogP contribution in [0.3, 0.4) is 0 Å². The van der Waals surface area contributed by atoms with Crippen LogP contribution in [0.15, 0.2) is 65.2 Å². The zero-order valence-corrected chi connectivity index (χ0v) is 21.9. The van der Waals surface area contributed by atoms with Gasteiger partial charge in [0.25, 0.3) is 0 Å². The maximum absolute atomic E-state index is 13.8. The number of nitrogens with zero attached hydrogens (tertiary/aromatic N) is 2. The fourth-order valence-electron chi connectivity index (χ4n) is 4.44. The summed E-state index contributed by atoms with van der Waals surface area (Å²) in [5, 5.41) is 10.5. The number of rotatable bonds is 8. The van der Waals surface area contributed by atoms with Gasteiger partial charge in [0.05, 0.1) is 7.11 Å². The van der Waals surface area contributed by atoms with Crippen LogP contribution in [0.25, 0.3) is 5.57 Å². The van der Waals surface area contributed by atoms with Crippen LogP contribution in [0.1, 0.15) is 35.7 Å². The number of hydrogen-bond acceptors (Lipinski definition) is 7. The van der Waals surface area contributed by atoms with Crippen LogP contribution >= 0.6 is 12.4 Å². The van der Waals surface area contributed by atoms with Crippen molar-refractivity contribution in [2.45, 2.75) is 38.1 Å². The van der Waals surface area contributed by atoms with E-state index in [0.717, 1.165) is 24.1 Å². The van der Waals surface area contributed by atoms with Gasteiger partial charge in [-0.25, -0.2) is 0 Å². The number of aryl methyl sites for hydroxylation is 2. The molecule has 1 aliphatic carbocycles. The van der Waals surface area contributed by atoms with E-state index in [-0.39, 0.29) is 18.3 Å². The molecule has 5 rings (SSSR count). The van der Waals surface area contributed by atoms with Gasteiger partial charge in [0.2, 0.25) is 11.8 Å². The molecule has 194 valence electrons. The first kappa shape index (κ1) is 26.4. The number of methoxy groups -OCH3 is 1. The van der Waals surface area contributed by atoms with Crippen molar-refractivity contribution in [3.05, 3.63) is 83.5 Å². The Kier molecular flexibility index (Phi) is 8.00. The average molecular weight is 523 g/mol. The van der Waals surface area contributed by atoms with Gasteiger partial charge in [0.15, 0.2) is 17.3 Å². The summed E-state index contributed by atoms with van der Waals surface area (Å²) in [5.74, 6) is 1.67. The fourth-order valence-corrected chi connectivity index (χ4v) is 4.44. The van der Waals surface area contributed by atoms with Crippen molar-refractivity contribution in [1.82, 2.24) is 15.5 Å². The number of halogens is 1. The fraction of sp³-hybridized carbons (Fsp3) is 0.321. The lowest BCUT2D eigenvalue weighted by Crippen LogP contribution is -2.46. The third kappa shape index (κ3) is 5.40. The SMILES string of the molecule is COc1ccc(NC(=O)C2(c3noc(C)n3)C=CC(c3ccccc3C)=CC2)cc1OCC1CCN1.Cl. The van der Waals surface area contributed by atoms with Gasteiger partial charge < -0.3 is 24.6 Å². The van der Waals surface area contributed by atoms with Gasteiger partial charge in [-0.3, -0.25) is 4.79 Å². The van der Waals surface area contributed by atoms with Crippen LogP contribution < -0.4 is 20.1 Å². The van der Waals surface area contributed by atoms with Crippen LogP contribution in [-0.2, 0) is 10.2 Å². The Morgan fingerprint density at radius 3 is 2.65 bits per heavy atom. The molecule has 37 heavy (non-hydrogen) atoms. The molecule has 8 nitrogen and oxygen atoms in total. The van der Waals surface area contributed by atoms with E-state index in [2.05, 4.69) is 45.9 Å². The molecule has 2 aliphatic rings. The monoisotopic (exact) mass is 522 g/mol. The minimum Gasteiger partial charge on any atom is -0.493 e. The van der Waals surface area contributed by atoms with E-state index in [1.54, 1.807) is 32.2 Å². The summed E-state index contributed by atoms with van der Waals surface area (Å²) in [4.78, 5) is 18.2. The van der Waals surface area contributed by atoms with Gasteiger partial charge >= 0.3 is 0 Å². The number of amides is 1. The van der Waals surface area contributed by atoms with Crippen LogP contribution in [-0.4, -0.2) is 42.4 Å². The number of anilines is 1. The molecule has 1 fully saturated rings. The Hall–Kier alpha value is -3.62. The smallest absolute Gasteiger partial charge is 0.242 e. The van der Waals surface area contributed by atoms with Gasteiger partial charge in [-0.05, 0) is 55.1 Å². The van der Waals surface area contributed by atoms with Crippen molar-refractivity contribution >= 4 is 29.6 Å². The van der Waals surface area contributed by atoms with Crippen LogP contribution in [0.2, 0.25) is 0 Å². The lowest BCUT2D eigenvalue weighted by atomic mass is 9.77. The number of hydrogen-bond donors (Lipinski definition) is 2. The normalized spacial score (nSPS) is 20.3. The molecule has 9 heteroatoms. The Bertz CT molecular complexity index is 1330. The maximum atomic E-state index is 13.8. The quantitative estimate of drug-likeness (QED) is 0.439. The molecular weight excluding hydrogens is 492 g/mol. The van der Waals surface area contributed by atoms with E-state index in [1.807, 2.05) is 24.3 Å². The number of aromatic nitrogens is 2. The summed E-state index contributed by atoms with van der Waals surface area (Å²) in [7, 11) is 1.60. The molecule has 1 aromatic heterocycles. The number of ether oxygens (including phenoxy) is 2. The topological polar surface area (TPSA) is 98.5 Å². The van der Waals surface area contributed by atoms with E-state index in [4.69, 9.17) is 14.0 Å². The van der Waals surface area contributed by atoms with Gasteiger partial charge in [-0.1, -0.05) is 47.7 Å². The second kappa shape index (κ2) is 11.2. The molecule has 3 aromatic rings. The van der Waals surface area contributed by atoms with Crippen LogP contribution in [0, 0.1) is 13.8 Å². The largest absolute Gasteiger partial charge is 0.493 e. The van der Waals surface area contributed by atoms with Gasteiger partial charge in [0.1, 0.15) is 12.0 Å². The van der Waals surface area contributed by atoms with Crippen molar-refractivity contribution in [2.24, 2.45) is 0 Å². The molecule has 2 unspecified atom stereocenters. The molecule has 1 aliphatic heterocycles. The highest BCUT2D eigenvalue weighted by Crippen LogP contribution is 2.38. The number of allylic oxidation sites excluding steroid dienone is 3. The molecule has 0 saturated carbocycles. The molecular formula is C28H31ClN4O4. The Morgan fingerprint density at radius 2 is 2.03 bits per heavy atom. The lowest BCUT2D eigenvalue weighted by Gasteiger charge is -2.29. The standard InChI is InChI=1S/C28H30N4O4.ClH/c1-18-6-4-5-7-23(18)20-10-13-28(14-11-20,26-30-19(2)36-32-26)27(33)31-21-8-9-24(34-3)25(16-21)35-17-22-12-15-29-22;/h4-11,13,16,22,29H,12,14-15,17H2,1-3H3,(H,31,33);1H. The summed E-state index contributed by atoms with van der Waals surface area (Å²) in [6.45, 7) is 5.33. The van der Waals surface area contributed by atoms with E-state index >= 15 is 0 Å². The van der Waals surface area contributed by atoms with Crippen LogP contribution in [0.5, 0.6) is 11.5 Å². The Labute approximate surface area is 222 Å². The zero-order valence-electron chi connectivity index (χ0n) is 21.1. The number of benzene rings is 2. The Balaban J connectivity index is 0.00000320. The predicted octanol–water partition coefficient (Wildman–Crippen LogP) is 4.78. The average Bonchev–Trinajstić information content (AvgIpc) is 3.30. The maximum Gasteiger partial charge on any atom is 0.242 e. The molecule has 1 saturated heterocycles. The molecule has 0 spiro atoms. The summed E-state index contributed by atoms with van der Waals surface area (Å²) in [5.41, 5.74) is 2.84. The minimum absolute atomic E-state index is 0. The lowest BCUT2D eigenvalue weighted by molar-refractivity contribution is -0.120. The second-order valence-corrected chi connectivity index (χ2v) is 9.19. The highest BCUT2D eigenvalue weighted by molar-refractivity contribution is 6.01. The van der Waals surface area contributed by atoms with E-state index in [9.17, 15) is 4.79 Å². The van der Waals surface area contributed by atoms with Crippen molar-refractivity contribution in [1.29, 1.82) is 0 Å². The number of nitrogens with one attached hydrogen (secondary N) is 2. The van der Waals surface area contributed by atoms with Crippen molar-refractivity contribution in [2.75, 3.05) is 25.6 Å². The third-order valence-electron chi connectivity index (χ3n) is 6.77. The number of carbonyl (C=O) groups excluding carboxylic acids is 1. The van der Waals surface area contributed by atoms with Gasteiger partial charge in [0, 0.05) is 24.7 Å². The first-order valence-electron chi connectivity index (χ1n) is 12.1. The van der Waals surface area contributed by atoms with Crippen molar-refractivity contribution < 1.29 is 18.8 Å². The van der Waals surface area contributed by atoms with Gasteiger partial charge in [-0.2, -0.15) is 4.98 Å². The second-order valence-electron chi connectivity index (χ2n) is 9.19. The molecule has 0 bridgehead atoms. The summed E-state index contributed by atoms with van der Waals surface area (Å²) >= 11 is 0. The molecule has 2 aromatic carbocycles. The van der Waals surface area contributed by atoms with E-state index in [1.165, 1.54) is 5.56 Å². The highest BCUT2D eigenvalue weighted by Gasteiger charge is 2.43. The third-order valence-corrected chi connectivity index (χ3v) is 6.77. The molecule has 0 radical (unpaired) electrons. The van der Waals surface area contributed by atoms with E-state index in [0.29, 0.717) is 48.0 Å². The predicted molar refractivity (Wildman–Crippen MR) is 144 cm³/mol.